The average Bonchev–Trinajstić information content (AvgIpc) is 2.72. The first-order chi connectivity index (χ1) is 13.9. The Kier molecular flexibility index (Phi) is 9.74. The van der Waals surface area contributed by atoms with Crippen LogP contribution in [0.3, 0.4) is 0 Å². The van der Waals surface area contributed by atoms with E-state index >= 15 is 0 Å². The number of hydrogen-bond donors (Lipinski definition) is 1. The summed E-state index contributed by atoms with van der Waals surface area (Å²) in [5, 5.41) is 2.91. The Morgan fingerprint density at radius 3 is 2.31 bits per heavy atom. The van der Waals surface area contributed by atoms with Crippen molar-refractivity contribution in [3.05, 3.63) is 69.7 Å². The van der Waals surface area contributed by atoms with Crippen molar-refractivity contribution in [2.45, 2.75) is 45.5 Å². The van der Waals surface area contributed by atoms with E-state index in [1.807, 2.05) is 62.4 Å². The number of amides is 2. The minimum absolute atomic E-state index is 0.0214. The number of carbonyl (C=O) groups is 2. The number of hydrogen-bond acceptors (Lipinski definition) is 3. The number of nitrogens with one attached hydrogen (secondary N) is 1. The lowest BCUT2D eigenvalue weighted by molar-refractivity contribution is -0.138. The van der Waals surface area contributed by atoms with E-state index in [1.165, 1.54) is 11.1 Å². The minimum atomic E-state index is -0.511. The van der Waals surface area contributed by atoms with Crippen molar-refractivity contribution >= 4 is 39.5 Å². The summed E-state index contributed by atoms with van der Waals surface area (Å²) in [6, 6.07) is 15.7. The van der Waals surface area contributed by atoms with Crippen LogP contribution in [-0.4, -0.2) is 35.1 Å². The predicted molar refractivity (Wildman–Crippen MR) is 125 cm³/mol. The summed E-state index contributed by atoms with van der Waals surface area (Å²) in [5.41, 5.74) is 3.37. The fourth-order valence-electron chi connectivity index (χ4n) is 2.79. The Labute approximate surface area is 186 Å². The third-order valence-electron chi connectivity index (χ3n) is 4.60. The predicted octanol–water partition coefficient (Wildman–Crippen LogP) is 4.93. The highest BCUT2D eigenvalue weighted by molar-refractivity contribution is 9.10. The zero-order valence-corrected chi connectivity index (χ0v) is 19.7. The molecule has 6 heteroatoms. The highest BCUT2D eigenvalue weighted by Gasteiger charge is 2.25. The lowest BCUT2D eigenvalue weighted by Crippen LogP contribution is -2.48. The molecule has 0 saturated heterocycles. The molecule has 29 heavy (non-hydrogen) atoms. The summed E-state index contributed by atoms with van der Waals surface area (Å²) < 4.78 is 1.04. The van der Waals surface area contributed by atoms with Crippen molar-refractivity contribution in [3.8, 4) is 0 Å². The number of halogens is 1. The van der Waals surface area contributed by atoms with Gasteiger partial charge in [0.25, 0.3) is 0 Å². The van der Waals surface area contributed by atoms with E-state index in [0.717, 1.165) is 22.2 Å². The van der Waals surface area contributed by atoms with Crippen molar-refractivity contribution in [1.82, 2.24) is 10.2 Å². The maximum atomic E-state index is 13.0. The maximum Gasteiger partial charge on any atom is 0.242 e. The molecule has 0 aromatic heterocycles. The van der Waals surface area contributed by atoms with E-state index < -0.39 is 6.04 Å². The Hall–Kier alpha value is -1.79. The second-order valence-corrected chi connectivity index (χ2v) is 8.99. The lowest BCUT2D eigenvalue weighted by Gasteiger charge is -2.28. The molecular formula is C23H29BrN2O2S. The van der Waals surface area contributed by atoms with E-state index in [0.29, 0.717) is 18.8 Å². The molecule has 0 heterocycles. The third-order valence-corrected chi connectivity index (χ3v) is 6.11. The van der Waals surface area contributed by atoms with E-state index in [2.05, 4.69) is 21.2 Å². The van der Waals surface area contributed by atoms with Crippen molar-refractivity contribution < 1.29 is 9.59 Å². The molecule has 156 valence electrons. The smallest absolute Gasteiger partial charge is 0.242 e. The van der Waals surface area contributed by atoms with Gasteiger partial charge in [-0.2, -0.15) is 0 Å². The van der Waals surface area contributed by atoms with Gasteiger partial charge in [0.2, 0.25) is 11.8 Å². The Balaban J connectivity index is 2.03. The van der Waals surface area contributed by atoms with Crippen molar-refractivity contribution in [2.75, 3.05) is 12.3 Å². The molecule has 1 atom stereocenters. The molecule has 2 aromatic rings. The molecule has 1 N–H and O–H groups in total. The molecule has 2 aromatic carbocycles. The summed E-state index contributed by atoms with van der Waals surface area (Å²) in [6.07, 6.45) is 0.868. The van der Waals surface area contributed by atoms with Crippen LogP contribution in [0.15, 0.2) is 53.0 Å². The van der Waals surface area contributed by atoms with Crippen LogP contribution in [0.4, 0.5) is 0 Å². The Bertz CT molecular complexity index is 794. The number of nitrogens with zero attached hydrogens (tertiary/aromatic N) is 1. The second-order valence-electron chi connectivity index (χ2n) is 7.09. The summed E-state index contributed by atoms with van der Waals surface area (Å²) in [4.78, 5) is 27.2. The van der Waals surface area contributed by atoms with Crippen LogP contribution in [0.5, 0.6) is 0 Å². The monoisotopic (exact) mass is 476 g/mol. The van der Waals surface area contributed by atoms with Gasteiger partial charge in [-0.1, -0.05) is 64.8 Å². The first-order valence-electron chi connectivity index (χ1n) is 9.85. The second kappa shape index (κ2) is 12.0. The van der Waals surface area contributed by atoms with Crippen LogP contribution in [-0.2, 0) is 21.9 Å². The zero-order valence-electron chi connectivity index (χ0n) is 17.3. The van der Waals surface area contributed by atoms with Crippen LogP contribution < -0.4 is 5.32 Å². The van der Waals surface area contributed by atoms with Gasteiger partial charge in [-0.3, -0.25) is 9.59 Å². The normalized spacial score (nSPS) is 11.7. The van der Waals surface area contributed by atoms with Crippen molar-refractivity contribution in [1.29, 1.82) is 0 Å². The van der Waals surface area contributed by atoms with Gasteiger partial charge in [0.1, 0.15) is 6.04 Å². The number of rotatable bonds is 10. The standard InChI is InChI=1S/C23H29BrN2O2S/c1-4-13-25-23(28)18(3)26(14-19-7-5-17(2)6-8-19)22(27)16-29-15-20-9-11-21(24)12-10-20/h5-12,18H,4,13-16H2,1-3H3,(H,25,28)/t18-/m1/s1. The Morgan fingerprint density at radius 1 is 1.07 bits per heavy atom. The van der Waals surface area contributed by atoms with Crippen LogP contribution in [0, 0.1) is 6.92 Å². The molecular weight excluding hydrogens is 448 g/mol. The van der Waals surface area contributed by atoms with Gasteiger partial charge < -0.3 is 10.2 Å². The lowest BCUT2D eigenvalue weighted by atomic mass is 10.1. The molecule has 4 nitrogen and oxygen atoms in total. The molecule has 0 fully saturated rings. The van der Waals surface area contributed by atoms with E-state index in [1.54, 1.807) is 23.6 Å². The molecule has 0 aliphatic rings. The van der Waals surface area contributed by atoms with Crippen molar-refractivity contribution in [3.63, 3.8) is 0 Å². The summed E-state index contributed by atoms with van der Waals surface area (Å²) in [6.45, 7) is 6.90. The number of benzene rings is 2. The maximum absolute atomic E-state index is 13.0. The highest BCUT2D eigenvalue weighted by atomic mass is 79.9. The highest BCUT2D eigenvalue weighted by Crippen LogP contribution is 2.18. The molecule has 0 aliphatic carbocycles. The van der Waals surface area contributed by atoms with E-state index in [-0.39, 0.29) is 11.8 Å². The van der Waals surface area contributed by atoms with E-state index in [9.17, 15) is 9.59 Å². The van der Waals surface area contributed by atoms with E-state index in [4.69, 9.17) is 0 Å². The topological polar surface area (TPSA) is 49.4 Å². The van der Waals surface area contributed by atoms with Gasteiger partial charge in [0.15, 0.2) is 0 Å². The first-order valence-corrected chi connectivity index (χ1v) is 11.8. The van der Waals surface area contributed by atoms with Gasteiger partial charge in [0.05, 0.1) is 5.75 Å². The fraction of sp³-hybridized carbons (Fsp3) is 0.391. The summed E-state index contributed by atoms with van der Waals surface area (Å²) in [5.74, 6) is 0.971. The molecule has 0 unspecified atom stereocenters. The largest absolute Gasteiger partial charge is 0.354 e. The summed E-state index contributed by atoms with van der Waals surface area (Å²) in [7, 11) is 0. The number of aryl methyl sites for hydroxylation is 1. The first kappa shape index (κ1) is 23.5. The van der Waals surface area contributed by atoms with Gasteiger partial charge in [0, 0.05) is 23.3 Å². The molecule has 0 aliphatic heterocycles. The molecule has 0 radical (unpaired) electrons. The minimum Gasteiger partial charge on any atom is -0.354 e. The molecule has 2 rings (SSSR count). The van der Waals surface area contributed by atoms with Crippen LogP contribution in [0.1, 0.15) is 37.0 Å². The average molecular weight is 477 g/mol. The van der Waals surface area contributed by atoms with Crippen LogP contribution in [0.25, 0.3) is 0 Å². The molecule has 0 saturated carbocycles. The van der Waals surface area contributed by atoms with Gasteiger partial charge in [-0.05, 0) is 43.5 Å². The molecule has 0 bridgehead atoms. The zero-order chi connectivity index (χ0) is 21.2. The van der Waals surface area contributed by atoms with Gasteiger partial charge in [-0.25, -0.2) is 0 Å². The Morgan fingerprint density at radius 2 is 1.69 bits per heavy atom. The summed E-state index contributed by atoms with van der Waals surface area (Å²) >= 11 is 5.00. The van der Waals surface area contributed by atoms with Crippen LogP contribution >= 0.6 is 27.7 Å². The number of thioether (sulfide) groups is 1. The van der Waals surface area contributed by atoms with Gasteiger partial charge >= 0.3 is 0 Å². The fourth-order valence-corrected chi connectivity index (χ4v) is 3.92. The van der Waals surface area contributed by atoms with Crippen LogP contribution in [0.2, 0.25) is 0 Å². The molecule has 2 amide bonds. The SMILES string of the molecule is CCCNC(=O)[C@@H](C)N(Cc1ccc(C)cc1)C(=O)CSCc1ccc(Br)cc1. The number of carbonyl (C=O) groups excluding carboxylic acids is 2. The van der Waals surface area contributed by atoms with Crippen molar-refractivity contribution in [2.24, 2.45) is 0 Å². The quantitative estimate of drug-likeness (QED) is 0.528. The van der Waals surface area contributed by atoms with Gasteiger partial charge in [-0.15, -0.1) is 11.8 Å². The third kappa shape index (κ3) is 7.86. The molecule has 0 spiro atoms.